The number of aromatic nitrogens is 1. The molecule has 0 N–H and O–H groups in total. The highest BCUT2D eigenvalue weighted by Gasteiger charge is 2.24. The molecule has 0 saturated heterocycles. The number of rotatable bonds is 4. The average Bonchev–Trinajstić information content (AvgIpc) is 2.96. The first-order valence-electron chi connectivity index (χ1n) is 7.43. The number of nitrogens with zero attached hydrogens (tertiary/aromatic N) is 2. The molecule has 0 bridgehead atoms. The Kier molecular flexibility index (Phi) is 4.81. The largest absolute Gasteiger partial charge is 0.473 e. The number of carbonyl (C=O) groups is 1. The minimum atomic E-state index is -0.264. The lowest BCUT2D eigenvalue weighted by molar-refractivity contribution is 0.106. The molecule has 3 rings (SSSR count). The number of fused-ring (bicyclic) bond motifs is 1. The summed E-state index contributed by atoms with van der Waals surface area (Å²) in [6.07, 6.45) is -0.264. The summed E-state index contributed by atoms with van der Waals surface area (Å²) >= 11 is 3.32. The topological polar surface area (TPSA) is 51.7 Å². The Morgan fingerprint density at radius 3 is 2.87 bits per heavy atom. The molecule has 1 aliphatic heterocycles. The molecule has 2 aromatic rings. The van der Waals surface area contributed by atoms with Crippen molar-refractivity contribution in [2.45, 2.75) is 26.6 Å². The number of halogens is 1. The zero-order chi connectivity index (χ0) is 16.2. The first kappa shape index (κ1) is 15.8. The molecule has 23 heavy (non-hydrogen) atoms. The van der Waals surface area contributed by atoms with Crippen molar-refractivity contribution < 1.29 is 14.3 Å². The van der Waals surface area contributed by atoms with Crippen LogP contribution >= 0.6 is 15.9 Å². The van der Waals surface area contributed by atoms with Crippen LogP contribution in [0.5, 0.6) is 5.88 Å². The van der Waals surface area contributed by atoms with Crippen LogP contribution in [0.4, 0.5) is 4.79 Å². The number of pyridine rings is 1. The maximum Gasteiger partial charge on any atom is 0.410 e. The van der Waals surface area contributed by atoms with Gasteiger partial charge in [-0.3, -0.25) is 4.90 Å². The molecule has 6 heteroatoms. The van der Waals surface area contributed by atoms with Crippen LogP contribution in [0, 0.1) is 0 Å². The van der Waals surface area contributed by atoms with Crippen molar-refractivity contribution in [1.82, 2.24) is 9.88 Å². The van der Waals surface area contributed by atoms with Gasteiger partial charge in [-0.05, 0) is 45.6 Å². The van der Waals surface area contributed by atoms with E-state index in [1.165, 1.54) is 0 Å². The summed E-state index contributed by atoms with van der Waals surface area (Å²) in [6.45, 7) is 3.83. The lowest BCUT2D eigenvalue weighted by atomic mass is 10.1. The van der Waals surface area contributed by atoms with E-state index in [4.69, 9.17) is 9.47 Å². The predicted octanol–water partition coefficient (Wildman–Crippen LogP) is 3.90. The van der Waals surface area contributed by atoms with Gasteiger partial charge in [0.05, 0.1) is 6.61 Å². The minimum Gasteiger partial charge on any atom is -0.473 e. The molecule has 0 unspecified atom stereocenters. The highest BCUT2D eigenvalue weighted by Crippen LogP contribution is 2.25. The lowest BCUT2D eigenvalue weighted by Crippen LogP contribution is -2.25. The van der Waals surface area contributed by atoms with Crippen LogP contribution in [0.25, 0.3) is 0 Å². The van der Waals surface area contributed by atoms with Crippen molar-refractivity contribution in [3.8, 4) is 5.88 Å². The fourth-order valence-electron chi connectivity index (χ4n) is 2.51. The van der Waals surface area contributed by atoms with E-state index in [0.717, 1.165) is 21.3 Å². The third-order valence-corrected chi connectivity index (χ3v) is 4.04. The van der Waals surface area contributed by atoms with E-state index in [1.54, 1.807) is 4.90 Å². The molecule has 1 aromatic carbocycles. The van der Waals surface area contributed by atoms with Crippen molar-refractivity contribution in [3.05, 3.63) is 57.7 Å². The first-order valence-corrected chi connectivity index (χ1v) is 8.22. The number of amides is 1. The Morgan fingerprint density at radius 1 is 1.26 bits per heavy atom. The van der Waals surface area contributed by atoms with E-state index in [2.05, 4.69) is 27.0 Å². The highest BCUT2D eigenvalue weighted by atomic mass is 79.9. The van der Waals surface area contributed by atoms with Gasteiger partial charge in [0.25, 0.3) is 0 Å². The second kappa shape index (κ2) is 7.00. The Labute approximate surface area is 143 Å². The zero-order valence-corrected chi connectivity index (χ0v) is 14.4. The molecular formula is C17H17BrN2O3. The van der Waals surface area contributed by atoms with Crippen LogP contribution in [0.2, 0.25) is 0 Å². The van der Waals surface area contributed by atoms with Crippen molar-refractivity contribution in [3.63, 3.8) is 0 Å². The van der Waals surface area contributed by atoms with E-state index in [1.807, 2.05) is 37.3 Å². The normalized spacial score (nSPS) is 12.9. The fraction of sp³-hybridized carbons (Fsp3) is 0.294. The van der Waals surface area contributed by atoms with Crippen LogP contribution in [0.15, 0.2) is 41.0 Å². The Morgan fingerprint density at radius 2 is 2.09 bits per heavy atom. The SMILES string of the molecule is CCOC(=O)N1Cc2ccc(COc3cccc(Br)n3)cc2C1. The maximum absolute atomic E-state index is 11.8. The van der Waals surface area contributed by atoms with Crippen LogP contribution < -0.4 is 4.74 Å². The molecular weight excluding hydrogens is 360 g/mol. The second-order valence-electron chi connectivity index (χ2n) is 5.25. The number of ether oxygens (including phenoxy) is 2. The molecule has 1 aliphatic rings. The fourth-order valence-corrected chi connectivity index (χ4v) is 2.84. The molecule has 0 saturated carbocycles. The van der Waals surface area contributed by atoms with Crippen LogP contribution in [-0.2, 0) is 24.4 Å². The molecule has 1 aromatic heterocycles. The predicted molar refractivity (Wildman–Crippen MR) is 89.0 cm³/mol. The van der Waals surface area contributed by atoms with Gasteiger partial charge in [0.1, 0.15) is 11.2 Å². The summed E-state index contributed by atoms with van der Waals surface area (Å²) in [4.78, 5) is 17.8. The average molecular weight is 377 g/mol. The number of benzene rings is 1. The van der Waals surface area contributed by atoms with E-state index >= 15 is 0 Å². The summed E-state index contributed by atoms with van der Waals surface area (Å²) in [7, 11) is 0. The van der Waals surface area contributed by atoms with E-state index in [0.29, 0.717) is 32.2 Å². The van der Waals surface area contributed by atoms with Gasteiger partial charge in [-0.25, -0.2) is 9.78 Å². The van der Waals surface area contributed by atoms with Gasteiger partial charge >= 0.3 is 6.09 Å². The Bertz CT molecular complexity index is 721. The molecule has 1 amide bonds. The van der Waals surface area contributed by atoms with Gasteiger partial charge in [-0.15, -0.1) is 0 Å². The molecule has 0 fully saturated rings. The number of carbonyl (C=O) groups excluding carboxylic acids is 1. The summed E-state index contributed by atoms with van der Waals surface area (Å²) in [5.41, 5.74) is 3.35. The third kappa shape index (κ3) is 3.82. The molecule has 5 nitrogen and oxygen atoms in total. The lowest BCUT2D eigenvalue weighted by Gasteiger charge is -2.13. The van der Waals surface area contributed by atoms with Crippen LogP contribution in [0.1, 0.15) is 23.6 Å². The molecule has 0 radical (unpaired) electrons. The van der Waals surface area contributed by atoms with Gasteiger partial charge in [0.15, 0.2) is 0 Å². The molecule has 0 atom stereocenters. The van der Waals surface area contributed by atoms with Gasteiger partial charge in [-0.2, -0.15) is 0 Å². The minimum absolute atomic E-state index is 0.264. The second-order valence-corrected chi connectivity index (χ2v) is 6.06. The van der Waals surface area contributed by atoms with Gasteiger partial charge in [-0.1, -0.05) is 24.3 Å². The summed E-state index contributed by atoms with van der Waals surface area (Å²) < 4.78 is 11.5. The van der Waals surface area contributed by atoms with Crippen molar-refractivity contribution in [2.24, 2.45) is 0 Å². The number of hydrogen-bond acceptors (Lipinski definition) is 4. The van der Waals surface area contributed by atoms with Gasteiger partial charge < -0.3 is 9.47 Å². The Hall–Kier alpha value is -2.08. The smallest absolute Gasteiger partial charge is 0.410 e. The molecule has 0 spiro atoms. The zero-order valence-electron chi connectivity index (χ0n) is 12.8. The standard InChI is InChI=1S/C17H17BrN2O3/c1-2-22-17(21)20-9-13-7-6-12(8-14(13)10-20)11-23-16-5-3-4-15(18)19-16/h3-8H,2,9-11H2,1H3. The summed E-state index contributed by atoms with van der Waals surface area (Å²) in [5.74, 6) is 0.577. The third-order valence-electron chi connectivity index (χ3n) is 3.60. The quantitative estimate of drug-likeness (QED) is 0.759. The van der Waals surface area contributed by atoms with Crippen molar-refractivity contribution >= 4 is 22.0 Å². The van der Waals surface area contributed by atoms with E-state index in [-0.39, 0.29) is 6.09 Å². The summed E-state index contributed by atoms with van der Waals surface area (Å²) in [6, 6.07) is 11.7. The van der Waals surface area contributed by atoms with Gasteiger partial charge in [0, 0.05) is 19.2 Å². The highest BCUT2D eigenvalue weighted by molar-refractivity contribution is 9.10. The van der Waals surface area contributed by atoms with Crippen LogP contribution in [0.3, 0.4) is 0 Å². The van der Waals surface area contributed by atoms with Crippen LogP contribution in [-0.4, -0.2) is 22.6 Å². The molecule has 120 valence electrons. The Balaban J connectivity index is 1.64. The van der Waals surface area contributed by atoms with E-state index < -0.39 is 0 Å². The van der Waals surface area contributed by atoms with Crippen molar-refractivity contribution in [2.75, 3.05) is 6.61 Å². The maximum atomic E-state index is 11.8. The van der Waals surface area contributed by atoms with E-state index in [9.17, 15) is 4.79 Å². The first-order chi connectivity index (χ1) is 11.2. The van der Waals surface area contributed by atoms with Gasteiger partial charge in [0.2, 0.25) is 5.88 Å². The summed E-state index contributed by atoms with van der Waals surface area (Å²) in [5, 5.41) is 0. The molecule has 2 heterocycles. The molecule has 0 aliphatic carbocycles. The van der Waals surface area contributed by atoms with Crippen molar-refractivity contribution in [1.29, 1.82) is 0 Å². The monoisotopic (exact) mass is 376 g/mol. The number of hydrogen-bond donors (Lipinski definition) is 0.